The van der Waals surface area contributed by atoms with Crippen LogP contribution < -0.4 is 0 Å². The molecule has 38 heavy (non-hydrogen) atoms. The zero-order valence-corrected chi connectivity index (χ0v) is 23.8. The van der Waals surface area contributed by atoms with Crippen molar-refractivity contribution in [3.05, 3.63) is 77.4 Å². The molecule has 0 fully saturated rings. The summed E-state index contributed by atoms with van der Waals surface area (Å²) in [5.41, 5.74) is -0.0612. The molecule has 1 aliphatic heterocycles. The molecule has 1 aromatic heterocycles. The molecule has 0 N–H and O–H groups in total. The predicted molar refractivity (Wildman–Crippen MR) is 150 cm³/mol. The molecular weight excluding hydrogens is 478 g/mol. The van der Waals surface area contributed by atoms with Crippen molar-refractivity contribution >= 4 is 5.97 Å². The zero-order valence-electron chi connectivity index (χ0n) is 23.8. The first-order valence-electron chi connectivity index (χ1n) is 14.2. The number of likely N-dealkylation sites (N-methyl/N-ethyl adjacent to an activating group) is 2. The number of allylic oxidation sites excluding steroid dienone is 2. The maximum atomic E-state index is 13.5. The van der Waals surface area contributed by atoms with Crippen LogP contribution >= 0.6 is 0 Å². The summed E-state index contributed by atoms with van der Waals surface area (Å²) in [6.07, 6.45) is 15.5. The summed E-state index contributed by atoms with van der Waals surface area (Å²) in [6.45, 7) is 17.1. The van der Waals surface area contributed by atoms with E-state index in [2.05, 4.69) is 74.0 Å². The van der Waals surface area contributed by atoms with E-state index in [0.29, 0.717) is 37.3 Å². The van der Waals surface area contributed by atoms with Gasteiger partial charge in [0.25, 0.3) is 0 Å². The zero-order chi connectivity index (χ0) is 27.4. The van der Waals surface area contributed by atoms with Crippen molar-refractivity contribution < 1.29 is 19.0 Å². The van der Waals surface area contributed by atoms with Gasteiger partial charge in [-0.3, -0.25) is 4.98 Å². The lowest BCUT2D eigenvalue weighted by Crippen LogP contribution is -2.67. The first kappa shape index (κ1) is 28.1. The number of esters is 1. The average molecular weight is 522 g/mol. The Bertz CT molecular complexity index is 1080. The third-order valence-corrected chi connectivity index (χ3v) is 8.14. The average Bonchev–Trinajstić information content (AvgIpc) is 3.26. The molecule has 7 heteroatoms. The summed E-state index contributed by atoms with van der Waals surface area (Å²) in [4.78, 5) is 22.9. The van der Waals surface area contributed by atoms with E-state index in [0.717, 1.165) is 37.6 Å². The Kier molecular flexibility index (Phi) is 8.48. The van der Waals surface area contributed by atoms with Gasteiger partial charge in [0.2, 0.25) is 5.60 Å². The van der Waals surface area contributed by atoms with Gasteiger partial charge in [-0.1, -0.05) is 12.2 Å². The number of pyridine rings is 1. The van der Waals surface area contributed by atoms with Gasteiger partial charge in [0.1, 0.15) is 16.9 Å². The molecule has 7 nitrogen and oxygen atoms in total. The van der Waals surface area contributed by atoms with E-state index >= 15 is 0 Å². The summed E-state index contributed by atoms with van der Waals surface area (Å²) < 4.78 is 19.9. The van der Waals surface area contributed by atoms with Gasteiger partial charge in [-0.15, -0.1) is 0 Å². The molecule has 0 saturated heterocycles. The molecule has 0 aromatic carbocycles. The second-order valence-corrected chi connectivity index (χ2v) is 9.79. The third kappa shape index (κ3) is 4.30. The van der Waals surface area contributed by atoms with E-state index in [1.165, 1.54) is 0 Å². The van der Waals surface area contributed by atoms with Crippen LogP contribution in [0, 0.1) is 0 Å². The van der Waals surface area contributed by atoms with E-state index in [9.17, 15) is 4.79 Å². The minimum absolute atomic E-state index is 0.398. The highest BCUT2D eigenvalue weighted by atomic mass is 16.6. The number of carbonyl (C=O) groups is 1. The molecule has 1 aromatic rings. The van der Waals surface area contributed by atoms with E-state index in [4.69, 9.17) is 19.2 Å². The van der Waals surface area contributed by atoms with Crippen LogP contribution in [0.1, 0.15) is 70.4 Å². The third-order valence-electron chi connectivity index (χ3n) is 8.14. The fourth-order valence-corrected chi connectivity index (χ4v) is 6.35. The molecule has 0 bridgehead atoms. The molecule has 0 amide bonds. The van der Waals surface area contributed by atoms with Gasteiger partial charge in [-0.25, -0.2) is 4.79 Å². The van der Waals surface area contributed by atoms with Crippen molar-refractivity contribution in [2.75, 3.05) is 39.4 Å². The van der Waals surface area contributed by atoms with Crippen LogP contribution in [0.25, 0.3) is 0 Å². The molecule has 206 valence electrons. The molecule has 3 aliphatic rings. The number of rotatable bonds is 12. The van der Waals surface area contributed by atoms with E-state index in [1.807, 2.05) is 13.8 Å². The molecule has 0 saturated carbocycles. The topological polar surface area (TPSA) is 64.1 Å². The number of ether oxygens (including phenoxy) is 3. The number of hydrogen-bond acceptors (Lipinski definition) is 7. The molecule has 2 heterocycles. The van der Waals surface area contributed by atoms with Crippen molar-refractivity contribution in [2.24, 2.45) is 0 Å². The SMILES string of the molecule is CCOC1(C2(C3(OCC)C=CC(N(CC)CC)=CC3)OC(=O)c3cccnc32)C=CC(N(CC)CC)=CC1. The Morgan fingerprint density at radius 3 is 1.74 bits per heavy atom. The number of carbonyl (C=O) groups excluding carboxylic acids is 1. The van der Waals surface area contributed by atoms with Crippen LogP contribution in [0.3, 0.4) is 0 Å². The molecule has 0 spiro atoms. The second-order valence-electron chi connectivity index (χ2n) is 9.79. The monoisotopic (exact) mass is 521 g/mol. The van der Waals surface area contributed by atoms with Gasteiger partial charge in [-0.2, -0.15) is 0 Å². The van der Waals surface area contributed by atoms with E-state index in [1.54, 1.807) is 18.3 Å². The standard InChI is InChI=1S/C31H43N3O4/c1-7-33(8-2)24-15-19-29(20-16-24,36-11-5)31(27-26(28(35)38-31)14-13-23-32-27)30(37-12-6)21-17-25(18-22-30)34(9-3)10-4/h13-19,21,23H,7-12,20,22H2,1-6H3. The Hall–Kier alpha value is -2.90. The molecule has 4 rings (SSSR count). The van der Waals surface area contributed by atoms with Crippen molar-refractivity contribution in [3.63, 3.8) is 0 Å². The Balaban J connectivity index is 1.94. The summed E-state index contributed by atoms with van der Waals surface area (Å²) >= 11 is 0. The Morgan fingerprint density at radius 2 is 1.34 bits per heavy atom. The smallest absolute Gasteiger partial charge is 0.341 e. The van der Waals surface area contributed by atoms with Crippen LogP contribution in [-0.2, 0) is 19.8 Å². The van der Waals surface area contributed by atoms with Crippen molar-refractivity contribution in [1.82, 2.24) is 14.8 Å². The number of nitrogens with zero attached hydrogens (tertiary/aromatic N) is 3. The fraction of sp³-hybridized carbons (Fsp3) is 0.548. The molecule has 2 atom stereocenters. The lowest BCUT2D eigenvalue weighted by atomic mass is 9.63. The highest BCUT2D eigenvalue weighted by molar-refractivity contribution is 5.95. The van der Waals surface area contributed by atoms with Crippen LogP contribution in [0.15, 0.2) is 66.2 Å². The van der Waals surface area contributed by atoms with Gasteiger partial charge in [0, 0.05) is 69.8 Å². The number of aromatic nitrogens is 1. The molecule has 0 radical (unpaired) electrons. The quantitative estimate of drug-likeness (QED) is 0.343. The fourth-order valence-electron chi connectivity index (χ4n) is 6.35. The Labute approximate surface area is 227 Å². The minimum atomic E-state index is -1.33. The lowest BCUT2D eigenvalue weighted by molar-refractivity contribution is -0.244. The minimum Gasteiger partial charge on any atom is -0.442 e. The lowest BCUT2D eigenvalue weighted by Gasteiger charge is -2.54. The summed E-state index contributed by atoms with van der Waals surface area (Å²) in [5, 5.41) is 0. The molecule has 2 unspecified atom stereocenters. The number of cyclic esters (lactones) is 1. The Morgan fingerprint density at radius 1 is 0.842 bits per heavy atom. The van der Waals surface area contributed by atoms with E-state index in [-0.39, 0.29) is 0 Å². The first-order chi connectivity index (χ1) is 18.4. The van der Waals surface area contributed by atoms with Crippen molar-refractivity contribution in [1.29, 1.82) is 0 Å². The maximum Gasteiger partial charge on any atom is 0.341 e. The number of fused-ring (bicyclic) bond motifs is 1. The van der Waals surface area contributed by atoms with E-state index < -0.39 is 22.8 Å². The second kappa shape index (κ2) is 11.5. The predicted octanol–water partition coefficient (Wildman–Crippen LogP) is 5.37. The van der Waals surface area contributed by atoms with Gasteiger partial charge in [-0.05, 0) is 78.0 Å². The van der Waals surface area contributed by atoms with Crippen molar-refractivity contribution in [2.45, 2.75) is 71.2 Å². The van der Waals surface area contributed by atoms with Crippen LogP contribution in [0.5, 0.6) is 0 Å². The highest BCUT2D eigenvalue weighted by Crippen LogP contribution is 2.58. The number of hydrogen-bond donors (Lipinski definition) is 0. The molecular formula is C31H43N3O4. The summed E-state index contributed by atoms with van der Waals surface area (Å²) in [7, 11) is 0. The van der Waals surface area contributed by atoms with Gasteiger partial charge in [0.15, 0.2) is 0 Å². The van der Waals surface area contributed by atoms with Crippen molar-refractivity contribution in [3.8, 4) is 0 Å². The van der Waals surface area contributed by atoms with Gasteiger partial charge < -0.3 is 24.0 Å². The summed E-state index contributed by atoms with van der Waals surface area (Å²) in [5.74, 6) is -0.398. The van der Waals surface area contributed by atoms with Gasteiger partial charge >= 0.3 is 5.97 Å². The van der Waals surface area contributed by atoms with Crippen LogP contribution in [0.4, 0.5) is 0 Å². The van der Waals surface area contributed by atoms with Gasteiger partial charge in [0.05, 0.1) is 5.56 Å². The van der Waals surface area contributed by atoms with Crippen LogP contribution in [0.2, 0.25) is 0 Å². The van der Waals surface area contributed by atoms with Crippen LogP contribution in [-0.4, -0.2) is 71.3 Å². The first-order valence-corrected chi connectivity index (χ1v) is 14.2. The highest BCUT2D eigenvalue weighted by Gasteiger charge is 2.71. The normalized spacial score (nSPS) is 28.0. The maximum absolute atomic E-state index is 13.5. The largest absolute Gasteiger partial charge is 0.442 e. The molecule has 2 aliphatic carbocycles. The summed E-state index contributed by atoms with van der Waals surface area (Å²) in [6, 6.07) is 3.57.